The number of carbonyl (C=O) groups is 2. The molecule has 116 valence electrons. The summed E-state index contributed by atoms with van der Waals surface area (Å²) in [5.74, 6) is -0.556. The summed E-state index contributed by atoms with van der Waals surface area (Å²) >= 11 is 0. The molecule has 0 aliphatic carbocycles. The minimum absolute atomic E-state index is 0.152. The van der Waals surface area contributed by atoms with Gasteiger partial charge in [-0.1, -0.05) is 18.2 Å². The van der Waals surface area contributed by atoms with Gasteiger partial charge in [0.05, 0.1) is 18.9 Å². The highest BCUT2D eigenvalue weighted by Crippen LogP contribution is 2.31. The first-order chi connectivity index (χ1) is 10.6. The predicted molar refractivity (Wildman–Crippen MR) is 84.3 cm³/mol. The van der Waals surface area contributed by atoms with Gasteiger partial charge in [0.25, 0.3) is 0 Å². The normalized spacial score (nSPS) is 13.5. The molecule has 1 heterocycles. The maximum absolute atomic E-state index is 12.4. The molecular formula is C17H19NO4. The summed E-state index contributed by atoms with van der Waals surface area (Å²) in [4.78, 5) is 25.9. The van der Waals surface area contributed by atoms with Crippen LogP contribution in [0.1, 0.15) is 26.3 Å². The van der Waals surface area contributed by atoms with E-state index >= 15 is 0 Å². The van der Waals surface area contributed by atoms with Crippen LogP contribution in [0.5, 0.6) is 0 Å². The van der Waals surface area contributed by atoms with E-state index in [4.69, 9.17) is 9.47 Å². The molecule has 0 spiro atoms. The van der Waals surface area contributed by atoms with Gasteiger partial charge in [-0.05, 0) is 50.1 Å². The van der Waals surface area contributed by atoms with Crippen LogP contribution in [-0.2, 0) is 14.3 Å². The van der Waals surface area contributed by atoms with E-state index in [1.165, 1.54) is 4.90 Å². The van der Waals surface area contributed by atoms with Gasteiger partial charge in [0.2, 0.25) is 0 Å². The third-order valence-corrected chi connectivity index (χ3v) is 3.10. The van der Waals surface area contributed by atoms with E-state index in [0.29, 0.717) is 5.69 Å². The Hall–Kier alpha value is -2.56. The lowest BCUT2D eigenvalue weighted by Gasteiger charge is -2.23. The quantitative estimate of drug-likeness (QED) is 0.802. The Morgan fingerprint density at radius 3 is 2.41 bits per heavy atom. The third kappa shape index (κ3) is 3.19. The van der Waals surface area contributed by atoms with Gasteiger partial charge in [0.1, 0.15) is 5.70 Å². The van der Waals surface area contributed by atoms with Gasteiger partial charge in [-0.2, -0.15) is 0 Å². The number of para-hydroxylation sites is 1. The zero-order valence-electron chi connectivity index (χ0n) is 13.0. The van der Waals surface area contributed by atoms with Crippen molar-refractivity contribution >= 4 is 23.8 Å². The van der Waals surface area contributed by atoms with Crippen molar-refractivity contribution in [2.75, 3.05) is 18.1 Å². The zero-order valence-corrected chi connectivity index (χ0v) is 13.0. The summed E-state index contributed by atoms with van der Waals surface area (Å²) in [6.07, 6.45) is 2.94. The lowest BCUT2D eigenvalue weighted by molar-refractivity contribution is -0.138. The maximum atomic E-state index is 12.4. The molecule has 0 unspecified atom stereocenters. The summed E-state index contributed by atoms with van der Waals surface area (Å²) < 4.78 is 10.2. The lowest BCUT2D eigenvalue weighted by Crippen LogP contribution is -2.35. The van der Waals surface area contributed by atoms with Crippen LogP contribution in [0.4, 0.5) is 10.5 Å². The van der Waals surface area contributed by atoms with Gasteiger partial charge in [-0.3, -0.25) is 0 Å². The van der Waals surface area contributed by atoms with E-state index < -0.39 is 12.1 Å². The van der Waals surface area contributed by atoms with E-state index in [9.17, 15) is 9.59 Å². The van der Waals surface area contributed by atoms with E-state index in [2.05, 4.69) is 0 Å². The van der Waals surface area contributed by atoms with E-state index in [1.807, 2.05) is 31.2 Å². The molecule has 0 fully saturated rings. The topological polar surface area (TPSA) is 55.8 Å². The minimum atomic E-state index is -0.600. The van der Waals surface area contributed by atoms with Crippen LogP contribution < -0.4 is 4.90 Å². The fourth-order valence-electron chi connectivity index (χ4n) is 2.25. The molecule has 1 aliphatic heterocycles. The number of hydrogen-bond donors (Lipinski definition) is 0. The second-order valence-electron chi connectivity index (χ2n) is 4.73. The second kappa shape index (κ2) is 6.93. The first kappa shape index (κ1) is 15.8. The SMILES string of the molecule is CCOC(=O)C1=CC(C)=Cc2ccccc2N1C(=O)OCC. The highest BCUT2D eigenvalue weighted by Gasteiger charge is 2.30. The Labute approximate surface area is 129 Å². The average Bonchev–Trinajstić information content (AvgIpc) is 2.63. The third-order valence-electron chi connectivity index (χ3n) is 3.10. The van der Waals surface area contributed by atoms with Gasteiger partial charge in [-0.25, -0.2) is 14.5 Å². The van der Waals surface area contributed by atoms with E-state index in [1.54, 1.807) is 26.0 Å². The van der Waals surface area contributed by atoms with E-state index in [-0.39, 0.29) is 18.9 Å². The summed E-state index contributed by atoms with van der Waals surface area (Å²) in [5.41, 5.74) is 2.43. The summed E-state index contributed by atoms with van der Waals surface area (Å²) in [6.45, 7) is 5.77. The smallest absolute Gasteiger partial charge is 0.419 e. The summed E-state index contributed by atoms with van der Waals surface area (Å²) in [6, 6.07) is 7.34. The van der Waals surface area contributed by atoms with Crippen LogP contribution >= 0.6 is 0 Å². The molecule has 1 aromatic carbocycles. The zero-order chi connectivity index (χ0) is 16.1. The number of amides is 1. The number of ether oxygens (including phenoxy) is 2. The first-order valence-electron chi connectivity index (χ1n) is 7.21. The number of esters is 1. The molecule has 5 nitrogen and oxygen atoms in total. The van der Waals surface area contributed by atoms with Gasteiger partial charge >= 0.3 is 12.1 Å². The van der Waals surface area contributed by atoms with Gasteiger partial charge in [-0.15, -0.1) is 0 Å². The highest BCUT2D eigenvalue weighted by molar-refractivity contribution is 6.06. The Kier molecular flexibility index (Phi) is 4.99. The lowest BCUT2D eigenvalue weighted by atomic mass is 10.1. The number of allylic oxidation sites excluding steroid dienone is 2. The molecule has 2 rings (SSSR count). The van der Waals surface area contributed by atoms with Gasteiger partial charge in [0, 0.05) is 0 Å². The fourth-order valence-corrected chi connectivity index (χ4v) is 2.25. The standard InChI is InChI=1S/C17H19NO4/c1-4-21-16(19)15-11-12(3)10-13-8-6-7-9-14(13)18(15)17(20)22-5-2/h6-11H,4-5H2,1-3H3. The first-order valence-corrected chi connectivity index (χ1v) is 7.21. The molecular weight excluding hydrogens is 282 g/mol. The number of nitrogens with zero attached hydrogens (tertiary/aromatic N) is 1. The molecule has 0 saturated heterocycles. The Morgan fingerprint density at radius 2 is 1.73 bits per heavy atom. The second-order valence-corrected chi connectivity index (χ2v) is 4.73. The number of fused-ring (bicyclic) bond motifs is 1. The number of carbonyl (C=O) groups excluding carboxylic acids is 2. The molecule has 0 radical (unpaired) electrons. The van der Waals surface area contributed by atoms with Gasteiger partial charge in [0.15, 0.2) is 0 Å². The monoisotopic (exact) mass is 301 g/mol. The molecule has 22 heavy (non-hydrogen) atoms. The molecule has 0 aromatic heterocycles. The summed E-state index contributed by atoms with van der Waals surface area (Å²) in [5, 5.41) is 0. The molecule has 0 bridgehead atoms. The fraction of sp³-hybridized carbons (Fsp3) is 0.294. The number of rotatable bonds is 3. The van der Waals surface area contributed by atoms with Gasteiger partial charge < -0.3 is 9.47 Å². The van der Waals surface area contributed by atoms with Crippen molar-refractivity contribution in [1.82, 2.24) is 0 Å². The molecule has 1 amide bonds. The van der Waals surface area contributed by atoms with Crippen LogP contribution in [0.25, 0.3) is 6.08 Å². The van der Waals surface area contributed by atoms with Crippen LogP contribution in [0.15, 0.2) is 41.6 Å². The summed E-state index contributed by atoms with van der Waals surface area (Å²) in [7, 11) is 0. The Balaban J connectivity index is 2.57. The minimum Gasteiger partial charge on any atom is -0.461 e. The molecule has 5 heteroatoms. The number of anilines is 1. The van der Waals surface area contributed by atoms with Crippen molar-refractivity contribution in [2.45, 2.75) is 20.8 Å². The Morgan fingerprint density at radius 1 is 1.05 bits per heavy atom. The largest absolute Gasteiger partial charge is 0.461 e. The Bertz CT molecular complexity index is 646. The van der Waals surface area contributed by atoms with Crippen LogP contribution in [0.2, 0.25) is 0 Å². The van der Waals surface area contributed by atoms with Crippen molar-refractivity contribution in [2.24, 2.45) is 0 Å². The molecule has 0 atom stereocenters. The average molecular weight is 301 g/mol. The molecule has 0 saturated carbocycles. The van der Waals surface area contributed by atoms with Crippen molar-refractivity contribution in [3.8, 4) is 0 Å². The van der Waals surface area contributed by atoms with Crippen LogP contribution in [0, 0.1) is 0 Å². The van der Waals surface area contributed by atoms with Crippen molar-refractivity contribution < 1.29 is 19.1 Å². The highest BCUT2D eigenvalue weighted by atomic mass is 16.6. The number of hydrogen-bond acceptors (Lipinski definition) is 4. The predicted octanol–water partition coefficient (Wildman–Crippen LogP) is 3.51. The van der Waals surface area contributed by atoms with Crippen molar-refractivity contribution in [3.63, 3.8) is 0 Å². The van der Waals surface area contributed by atoms with Crippen LogP contribution in [0.3, 0.4) is 0 Å². The van der Waals surface area contributed by atoms with Crippen LogP contribution in [-0.4, -0.2) is 25.3 Å². The molecule has 0 N–H and O–H groups in total. The molecule has 1 aliphatic rings. The van der Waals surface area contributed by atoms with Crippen molar-refractivity contribution in [3.05, 3.63) is 47.2 Å². The van der Waals surface area contributed by atoms with Crippen molar-refractivity contribution in [1.29, 1.82) is 0 Å². The van der Waals surface area contributed by atoms with E-state index in [0.717, 1.165) is 11.1 Å². The number of benzene rings is 1. The molecule has 1 aromatic rings. The maximum Gasteiger partial charge on any atom is 0.419 e.